The largest absolute Gasteiger partial charge is 0.494 e. The number of aliphatic imine (C=N–C) groups is 1. The molecule has 0 N–H and O–H groups in total. The summed E-state index contributed by atoms with van der Waals surface area (Å²) in [4.78, 5) is 24.3. The molecule has 2 aromatic heterocycles. The number of nitrogens with zero attached hydrogens (tertiary/aromatic N) is 4. The Kier molecular flexibility index (Phi) is 5.65. The summed E-state index contributed by atoms with van der Waals surface area (Å²) in [5.74, 6) is 0.990. The highest BCUT2D eigenvalue weighted by Crippen LogP contribution is 2.37. The van der Waals surface area contributed by atoms with Gasteiger partial charge in [0.05, 0.1) is 36.4 Å². The molecule has 33 heavy (non-hydrogen) atoms. The number of hydrogen-bond donors (Lipinski definition) is 0. The van der Waals surface area contributed by atoms with Gasteiger partial charge in [-0.15, -0.1) is 0 Å². The number of ether oxygens (including phenoxy) is 1. The highest BCUT2D eigenvalue weighted by molar-refractivity contribution is 8.15. The van der Waals surface area contributed by atoms with Gasteiger partial charge in [-0.3, -0.25) is 14.2 Å². The Hall–Kier alpha value is -2.85. The third kappa shape index (κ3) is 4.37. The highest BCUT2D eigenvalue weighted by Gasteiger charge is 2.44. The van der Waals surface area contributed by atoms with Crippen molar-refractivity contribution in [3.63, 3.8) is 0 Å². The zero-order valence-electron chi connectivity index (χ0n) is 18.3. The Bertz CT molecular complexity index is 1400. The molecule has 0 radical (unpaired) electrons. The van der Waals surface area contributed by atoms with Crippen molar-refractivity contribution >= 4 is 38.1 Å². The van der Waals surface area contributed by atoms with Gasteiger partial charge in [-0.1, -0.05) is 17.8 Å². The predicted molar refractivity (Wildman–Crippen MR) is 131 cm³/mol. The second-order valence-electron chi connectivity index (χ2n) is 8.17. The number of anilines is 1. The zero-order chi connectivity index (χ0) is 23.2. The van der Waals surface area contributed by atoms with Crippen LogP contribution >= 0.6 is 11.8 Å². The normalized spacial score (nSPS) is 21.1. The first-order valence-corrected chi connectivity index (χ1v) is 13.5. The van der Waals surface area contributed by atoms with Crippen LogP contribution in [0.25, 0.3) is 5.65 Å². The number of amidine groups is 1. The summed E-state index contributed by atoms with van der Waals surface area (Å²) in [6.07, 6.45) is 0. The van der Waals surface area contributed by atoms with Crippen LogP contribution in [0.4, 0.5) is 5.69 Å². The van der Waals surface area contributed by atoms with E-state index in [1.807, 2.05) is 61.2 Å². The second kappa shape index (κ2) is 8.49. The van der Waals surface area contributed by atoms with Gasteiger partial charge < -0.3 is 9.64 Å². The lowest BCUT2D eigenvalue weighted by Crippen LogP contribution is -2.30. The van der Waals surface area contributed by atoms with Crippen LogP contribution in [0.3, 0.4) is 0 Å². The number of fused-ring (bicyclic) bond motifs is 2. The molecule has 8 nitrogen and oxygen atoms in total. The summed E-state index contributed by atoms with van der Waals surface area (Å²) in [6, 6.07) is 14.5. The van der Waals surface area contributed by atoms with E-state index in [2.05, 4.69) is 0 Å². The number of hydrogen-bond acceptors (Lipinski definition) is 8. The number of sulfone groups is 1. The number of benzene rings is 1. The van der Waals surface area contributed by atoms with Crippen LogP contribution in [0.15, 0.2) is 58.3 Å². The van der Waals surface area contributed by atoms with Crippen LogP contribution in [-0.2, 0) is 16.4 Å². The van der Waals surface area contributed by atoms with Crippen molar-refractivity contribution in [3.05, 3.63) is 70.3 Å². The minimum Gasteiger partial charge on any atom is -0.494 e. The van der Waals surface area contributed by atoms with E-state index in [1.54, 1.807) is 10.5 Å². The minimum atomic E-state index is -3.04. The van der Waals surface area contributed by atoms with Crippen molar-refractivity contribution in [2.24, 2.45) is 4.99 Å². The molecule has 4 heterocycles. The molecule has 1 fully saturated rings. The molecule has 2 atom stereocenters. The molecule has 0 spiro atoms. The third-order valence-electron chi connectivity index (χ3n) is 5.75. The fourth-order valence-corrected chi connectivity index (χ4v) is 8.02. The molecular formula is C23H24N4O4S2. The van der Waals surface area contributed by atoms with Crippen molar-refractivity contribution < 1.29 is 13.2 Å². The number of aryl methyl sites for hydroxylation is 1. The van der Waals surface area contributed by atoms with Crippen LogP contribution in [-0.4, -0.2) is 52.4 Å². The Morgan fingerprint density at radius 2 is 1.97 bits per heavy atom. The third-order valence-corrected chi connectivity index (χ3v) is 9.00. The molecule has 0 amide bonds. The first kappa shape index (κ1) is 22.0. The number of aromatic nitrogens is 2. The van der Waals surface area contributed by atoms with Crippen molar-refractivity contribution in [2.45, 2.75) is 31.7 Å². The Labute approximate surface area is 196 Å². The summed E-state index contributed by atoms with van der Waals surface area (Å²) in [6.45, 7) is 4.72. The summed E-state index contributed by atoms with van der Waals surface area (Å²) >= 11 is 1.48. The van der Waals surface area contributed by atoms with Crippen LogP contribution in [0.1, 0.15) is 18.3 Å². The van der Waals surface area contributed by atoms with Crippen molar-refractivity contribution in [2.75, 3.05) is 23.0 Å². The quantitative estimate of drug-likeness (QED) is 0.550. The lowest BCUT2D eigenvalue weighted by Gasteiger charge is -2.24. The lowest BCUT2D eigenvalue weighted by molar-refractivity contribution is 0.340. The molecule has 0 bridgehead atoms. The maximum absolute atomic E-state index is 12.8. The SMILES string of the molecule is CCOc1ccc(N(Cc2cc(=O)n3c(C)cccc3n2)C2=NC3CS(=O)(=O)CC3S2)cc1. The van der Waals surface area contributed by atoms with Gasteiger partial charge in [0.1, 0.15) is 11.4 Å². The van der Waals surface area contributed by atoms with Gasteiger partial charge in [0.2, 0.25) is 0 Å². The topological polar surface area (TPSA) is 93.3 Å². The van der Waals surface area contributed by atoms with Crippen LogP contribution in [0.5, 0.6) is 5.75 Å². The lowest BCUT2D eigenvalue weighted by atomic mass is 10.2. The summed E-state index contributed by atoms with van der Waals surface area (Å²) < 4.78 is 31.2. The van der Waals surface area contributed by atoms with Crippen molar-refractivity contribution in [1.29, 1.82) is 0 Å². The van der Waals surface area contributed by atoms with Crippen molar-refractivity contribution in [1.82, 2.24) is 9.38 Å². The molecule has 5 rings (SSSR count). The zero-order valence-corrected chi connectivity index (χ0v) is 20.0. The predicted octanol–water partition coefficient (Wildman–Crippen LogP) is 2.68. The number of thioether (sulfide) groups is 1. The number of pyridine rings is 1. The average molecular weight is 485 g/mol. The Morgan fingerprint density at radius 3 is 2.70 bits per heavy atom. The van der Waals surface area contributed by atoms with E-state index < -0.39 is 9.84 Å². The molecule has 1 saturated heterocycles. The monoisotopic (exact) mass is 484 g/mol. The molecule has 1 aromatic carbocycles. The van der Waals surface area contributed by atoms with E-state index in [-0.39, 0.29) is 28.4 Å². The van der Waals surface area contributed by atoms with Gasteiger partial charge in [0.15, 0.2) is 15.0 Å². The van der Waals surface area contributed by atoms with E-state index in [0.717, 1.165) is 22.3 Å². The molecule has 2 aliphatic heterocycles. The van der Waals surface area contributed by atoms with Gasteiger partial charge in [0.25, 0.3) is 5.56 Å². The van der Waals surface area contributed by atoms with Crippen molar-refractivity contribution in [3.8, 4) is 5.75 Å². The van der Waals surface area contributed by atoms with E-state index in [4.69, 9.17) is 14.7 Å². The molecule has 172 valence electrons. The molecular weight excluding hydrogens is 460 g/mol. The molecule has 10 heteroatoms. The smallest absolute Gasteiger partial charge is 0.258 e. The summed E-state index contributed by atoms with van der Waals surface area (Å²) in [5, 5.41) is 0.670. The van der Waals surface area contributed by atoms with E-state index >= 15 is 0 Å². The Morgan fingerprint density at radius 1 is 1.18 bits per heavy atom. The van der Waals surface area contributed by atoms with E-state index in [9.17, 15) is 13.2 Å². The van der Waals surface area contributed by atoms with Crippen LogP contribution in [0.2, 0.25) is 0 Å². The standard InChI is InChI=1S/C23H24N4O4S2/c1-3-31-18-9-7-17(8-10-18)26(23-25-19-13-33(29,30)14-20(19)32-23)12-16-11-22(28)27-15(2)5-4-6-21(27)24-16/h4-11,19-20H,3,12-14H2,1-2H3. The maximum Gasteiger partial charge on any atom is 0.258 e. The van der Waals surface area contributed by atoms with Gasteiger partial charge in [0, 0.05) is 22.7 Å². The molecule has 2 aliphatic rings. The summed E-state index contributed by atoms with van der Waals surface area (Å²) in [7, 11) is -3.04. The highest BCUT2D eigenvalue weighted by atomic mass is 32.2. The van der Waals surface area contributed by atoms with Crippen LogP contribution in [0, 0.1) is 6.92 Å². The fourth-order valence-electron chi connectivity index (χ4n) is 4.24. The maximum atomic E-state index is 12.8. The Balaban J connectivity index is 1.52. The molecule has 2 unspecified atom stereocenters. The number of rotatable bonds is 5. The van der Waals surface area contributed by atoms with Gasteiger partial charge in [-0.2, -0.15) is 0 Å². The van der Waals surface area contributed by atoms with Gasteiger partial charge in [-0.05, 0) is 50.2 Å². The van der Waals surface area contributed by atoms with Gasteiger partial charge in [-0.25, -0.2) is 13.4 Å². The molecule has 3 aromatic rings. The van der Waals surface area contributed by atoms with Crippen LogP contribution < -0.4 is 15.2 Å². The average Bonchev–Trinajstić information content (AvgIpc) is 3.26. The summed E-state index contributed by atoms with van der Waals surface area (Å²) in [5.41, 5.74) is 2.77. The fraction of sp³-hybridized carbons (Fsp3) is 0.348. The van der Waals surface area contributed by atoms with E-state index in [1.165, 1.54) is 11.8 Å². The first-order chi connectivity index (χ1) is 15.8. The van der Waals surface area contributed by atoms with Gasteiger partial charge >= 0.3 is 0 Å². The first-order valence-electron chi connectivity index (χ1n) is 10.8. The van der Waals surface area contributed by atoms with E-state index in [0.29, 0.717) is 24.5 Å². The second-order valence-corrected chi connectivity index (χ2v) is 11.5. The molecule has 0 aliphatic carbocycles. The molecule has 0 saturated carbocycles. The minimum absolute atomic E-state index is 0.0759.